The van der Waals surface area contributed by atoms with Crippen LogP contribution in [0, 0.1) is 0 Å². The average molecular weight is 355 g/mol. The number of carbonyl (C=O) groups excluding carboxylic acids is 1. The summed E-state index contributed by atoms with van der Waals surface area (Å²) >= 11 is 0. The van der Waals surface area contributed by atoms with Gasteiger partial charge >= 0.3 is 5.97 Å². The number of pyridine rings is 1. The smallest absolute Gasteiger partial charge is 0.354 e. The Morgan fingerprint density at radius 1 is 1.42 bits per heavy atom. The van der Waals surface area contributed by atoms with E-state index in [4.69, 9.17) is 8.92 Å². The molecule has 24 heavy (non-hydrogen) atoms. The standard InChI is InChI=1S/C15H21N3O5S/c1-4-11(23-24(3,20)21)9-17-14-13-10(6-7-16-14)8-12(18-13)15(19)22-5-2/h6-8,11,18H,4-5,9H2,1-3H3,(H,16,17). The van der Waals surface area contributed by atoms with Gasteiger partial charge in [-0.15, -0.1) is 0 Å². The van der Waals surface area contributed by atoms with Crippen LogP contribution in [0.15, 0.2) is 18.3 Å². The Kier molecular flexibility index (Phi) is 5.79. The zero-order valence-corrected chi connectivity index (χ0v) is 14.6. The molecule has 9 heteroatoms. The van der Waals surface area contributed by atoms with Crippen LogP contribution in [-0.2, 0) is 19.0 Å². The summed E-state index contributed by atoms with van der Waals surface area (Å²) in [4.78, 5) is 19.0. The van der Waals surface area contributed by atoms with Crippen molar-refractivity contribution in [2.24, 2.45) is 0 Å². The van der Waals surface area contributed by atoms with E-state index in [1.807, 2.05) is 6.92 Å². The Morgan fingerprint density at radius 3 is 2.79 bits per heavy atom. The number of aromatic amines is 1. The van der Waals surface area contributed by atoms with Crippen molar-refractivity contribution in [3.8, 4) is 0 Å². The maximum atomic E-state index is 11.8. The number of ether oxygens (including phenoxy) is 1. The quantitative estimate of drug-likeness (QED) is 0.549. The highest BCUT2D eigenvalue weighted by molar-refractivity contribution is 7.86. The summed E-state index contributed by atoms with van der Waals surface area (Å²) in [6, 6.07) is 3.45. The molecule has 0 bridgehead atoms. The number of rotatable bonds is 8. The third kappa shape index (κ3) is 4.68. The molecule has 2 aromatic rings. The maximum absolute atomic E-state index is 11.8. The number of nitrogens with one attached hydrogen (secondary N) is 2. The molecule has 2 N–H and O–H groups in total. The molecule has 0 aliphatic carbocycles. The van der Waals surface area contributed by atoms with Gasteiger partial charge in [-0.2, -0.15) is 8.42 Å². The van der Waals surface area contributed by atoms with Crippen LogP contribution in [-0.4, -0.2) is 49.9 Å². The highest BCUT2D eigenvalue weighted by atomic mass is 32.2. The first-order valence-corrected chi connectivity index (χ1v) is 9.42. The number of H-pyrrole nitrogens is 1. The predicted molar refractivity (Wildman–Crippen MR) is 90.5 cm³/mol. The first-order valence-electron chi connectivity index (χ1n) is 7.61. The fourth-order valence-electron chi connectivity index (χ4n) is 2.21. The minimum atomic E-state index is -3.53. The Hall–Kier alpha value is -2.13. The van der Waals surface area contributed by atoms with Crippen molar-refractivity contribution >= 4 is 32.8 Å². The number of anilines is 1. The SMILES string of the molecule is CCOC(=O)c1cc2ccnc(NCC(CC)OS(C)(=O)=O)c2[nH]1. The van der Waals surface area contributed by atoms with Gasteiger partial charge in [0, 0.05) is 18.1 Å². The largest absolute Gasteiger partial charge is 0.461 e. The monoisotopic (exact) mass is 355 g/mol. The molecule has 1 unspecified atom stereocenters. The molecule has 0 aromatic carbocycles. The molecule has 132 valence electrons. The Balaban J connectivity index is 2.18. The summed E-state index contributed by atoms with van der Waals surface area (Å²) in [5.74, 6) is 0.0742. The van der Waals surface area contributed by atoms with Gasteiger partial charge in [-0.05, 0) is 25.5 Å². The van der Waals surface area contributed by atoms with Gasteiger partial charge in [0.15, 0.2) is 0 Å². The summed E-state index contributed by atoms with van der Waals surface area (Å²) in [5, 5.41) is 3.86. The van der Waals surface area contributed by atoms with E-state index in [2.05, 4.69) is 15.3 Å². The Bertz CT molecular complexity index is 816. The molecule has 2 aromatic heterocycles. The van der Waals surface area contributed by atoms with Crippen molar-refractivity contribution in [2.75, 3.05) is 24.7 Å². The number of nitrogens with zero attached hydrogens (tertiary/aromatic N) is 1. The third-order valence-electron chi connectivity index (χ3n) is 3.30. The van der Waals surface area contributed by atoms with Crippen molar-refractivity contribution < 1.29 is 22.1 Å². The molecule has 0 saturated carbocycles. The first-order chi connectivity index (χ1) is 11.3. The summed E-state index contributed by atoms with van der Waals surface area (Å²) in [6.45, 7) is 4.13. The lowest BCUT2D eigenvalue weighted by molar-refractivity contribution is 0.0520. The van der Waals surface area contributed by atoms with Crippen LogP contribution < -0.4 is 5.32 Å². The van der Waals surface area contributed by atoms with E-state index in [0.29, 0.717) is 30.1 Å². The highest BCUT2D eigenvalue weighted by Gasteiger charge is 2.16. The van der Waals surface area contributed by atoms with E-state index in [0.717, 1.165) is 11.6 Å². The molecule has 0 amide bonds. The summed E-state index contributed by atoms with van der Waals surface area (Å²) in [7, 11) is -3.53. The molecule has 1 atom stereocenters. The second kappa shape index (κ2) is 7.63. The molecule has 0 aliphatic heterocycles. The van der Waals surface area contributed by atoms with Gasteiger partial charge in [0.2, 0.25) is 0 Å². The van der Waals surface area contributed by atoms with Crippen molar-refractivity contribution in [1.82, 2.24) is 9.97 Å². The van der Waals surface area contributed by atoms with E-state index >= 15 is 0 Å². The van der Waals surface area contributed by atoms with E-state index in [1.165, 1.54) is 0 Å². The number of esters is 1. The number of hydrogen-bond donors (Lipinski definition) is 2. The predicted octanol–water partition coefficient (Wildman–Crippen LogP) is 1.91. The van der Waals surface area contributed by atoms with Gasteiger partial charge in [-0.25, -0.2) is 9.78 Å². The van der Waals surface area contributed by atoms with E-state index in [-0.39, 0.29) is 6.54 Å². The van der Waals surface area contributed by atoms with E-state index in [9.17, 15) is 13.2 Å². The number of carbonyl (C=O) groups is 1. The van der Waals surface area contributed by atoms with Gasteiger partial charge in [0.25, 0.3) is 10.1 Å². The van der Waals surface area contributed by atoms with Crippen molar-refractivity contribution in [2.45, 2.75) is 26.4 Å². The molecule has 2 heterocycles. The van der Waals surface area contributed by atoms with E-state index in [1.54, 1.807) is 25.3 Å². The second-order valence-electron chi connectivity index (χ2n) is 5.24. The molecular weight excluding hydrogens is 334 g/mol. The van der Waals surface area contributed by atoms with Crippen LogP contribution in [0.25, 0.3) is 10.9 Å². The van der Waals surface area contributed by atoms with Crippen molar-refractivity contribution in [1.29, 1.82) is 0 Å². The molecular formula is C15H21N3O5S. The van der Waals surface area contributed by atoms with Crippen molar-refractivity contribution in [3.05, 3.63) is 24.0 Å². The van der Waals surface area contributed by atoms with Gasteiger partial charge < -0.3 is 15.0 Å². The fraction of sp³-hybridized carbons (Fsp3) is 0.467. The van der Waals surface area contributed by atoms with Gasteiger partial charge in [0.05, 0.1) is 24.5 Å². The maximum Gasteiger partial charge on any atom is 0.354 e. The highest BCUT2D eigenvalue weighted by Crippen LogP contribution is 2.22. The van der Waals surface area contributed by atoms with Crippen LogP contribution in [0.5, 0.6) is 0 Å². The molecule has 0 saturated heterocycles. The lowest BCUT2D eigenvalue weighted by Gasteiger charge is -2.15. The van der Waals surface area contributed by atoms with Crippen molar-refractivity contribution in [3.63, 3.8) is 0 Å². The molecule has 0 spiro atoms. The summed E-state index contributed by atoms with van der Waals surface area (Å²) in [6.07, 6.45) is 2.64. The van der Waals surface area contributed by atoms with Gasteiger partial charge in [-0.1, -0.05) is 6.92 Å². The third-order valence-corrected chi connectivity index (χ3v) is 3.92. The summed E-state index contributed by atoms with van der Waals surface area (Å²) in [5.41, 5.74) is 0.983. The Labute approximate surface area is 140 Å². The second-order valence-corrected chi connectivity index (χ2v) is 6.84. The normalized spacial score (nSPS) is 13.0. The van der Waals surface area contributed by atoms with Crippen LogP contribution in [0.4, 0.5) is 5.82 Å². The van der Waals surface area contributed by atoms with Gasteiger partial charge in [-0.3, -0.25) is 4.18 Å². The number of hydrogen-bond acceptors (Lipinski definition) is 7. The zero-order chi connectivity index (χ0) is 17.7. The van der Waals surface area contributed by atoms with Crippen LogP contribution >= 0.6 is 0 Å². The molecule has 0 radical (unpaired) electrons. The minimum Gasteiger partial charge on any atom is -0.461 e. The molecule has 2 rings (SSSR count). The van der Waals surface area contributed by atoms with Crippen LogP contribution in [0.3, 0.4) is 0 Å². The molecule has 8 nitrogen and oxygen atoms in total. The lowest BCUT2D eigenvalue weighted by atomic mass is 10.2. The molecule has 0 aliphatic rings. The van der Waals surface area contributed by atoms with E-state index < -0.39 is 22.2 Å². The lowest BCUT2D eigenvalue weighted by Crippen LogP contribution is -2.25. The minimum absolute atomic E-state index is 0.267. The Morgan fingerprint density at radius 2 is 2.17 bits per heavy atom. The van der Waals surface area contributed by atoms with Gasteiger partial charge in [0.1, 0.15) is 11.5 Å². The van der Waals surface area contributed by atoms with Crippen LogP contribution in [0.2, 0.25) is 0 Å². The van der Waals surface area contributed by atoms with Crippen LogP contribution in [0.1, 0.15) is 30.8 Å². The average Bonchev–Trinajstić information content (AvgIpc) is 2.95. The summed E-state index contributed by atoms with van der Waals surface area (Å²) < 4.78 is 32.4. The zero-order valence-electron chi connectivity index (χ0n) is 13.8. The topological polar surface area (TPSA) is 110 Å². The number of fused-ring (bicyclic) bond motifs is 1. The first kappa shape index (κ1) is 18.2. The fourth-order valence-corrected chi connectivity index (χ4v) is 2.91. The number of aromatic nitrogens is 2. The molecule has 0 fully saturated rings.